The topological polar surface area (TPSA) is 0 Å². The van der Waals surface area contributed by atoms with E-state index in [1.165, 1.54) is 12.8 Å². The second-order valence-corrected chi connectivity index (χ2v) is 6.40. The van der Waals surface area contributed by atoms with Crippen molar-refractivity contribution in [3.63, 3.8) is 0 Å². The molecule has 0 N–H and O–H groups in total. The Kier molecular flexibility index (Phi) is 4.46. The zero-order valence-electron chi connectivity index (χ0n) is 7.46. The molecule has 13 heavy (non-hydrogen) atoms. The third-order valence-electron chi connectivity index (χ3n) is 2.71. The van der Waals surface area contributed by atoms with Crippen LogP contribution < -0.4 is 0 Å². The van der Waals surface area contributed by atoms with Gasteiger partial charge in [-0.05, 0) is 12.8 Å². The number of allylic oxidation sites excluding steroid dienone is 8. The monoisotopic (exact) mass is 198 g/mol. The number of rotatable bonds is 2. The van der Waals surface area contributed by atoms with E-state index in [1.807, 2.05) is 0 Å². The van der Waals surface area contributed by atoms with Crippen LogP contribution in [0.5, 0.6) is 0 Å². The molecule has 2 aliphatic carbocycles. The second-order valence-electron chi connectivity index (χ2n) is 3.47. The first-order valence-electron chi connectivity index (χ1n) is 4.59. The Bertz CT molecular complexity index is 267. The van der Waals surface area contributed by atoms with Gasteiger partial charge in [-0.25, -0.2) is 0 Å². The van der Waals surface area contributed by atoms with Crippen molar-refractivity contribution in [1.29, 1.82) is 0 Å². The van der Waals surface area contributed by atoms with Gasteiger partial charge in [0, 0.05) is 0 Å². The molecule has 0 saturated heterocycles. The van der Waals surface area contributed by atoms with Gasteiger partial charge in [-0.1, -0.05) is 53.4 Å². The van der Waals surface area contributed by atoms with E-state index in [9.17, 15) is 0 Å². The molecule has 0 amide bonds. The molecule has 2 rings (SSSR count). The minimum atomic E-state index is -0.710. The molecule has 0 aromatic heterocycles. The van der Waals surface area contributed by atoms with E-state index in [4.69, 9.17) is 0 Å². The molecule has 0 fully saturated rings. The fraction of sp³-hybridized carbons (Fsp3) is 0.273. The standard InChI is InChI=1S/C11H14Si.Na.H/c1-12(10-6-2-3-7-10)11-8-4-5-9-11;;/h2-6,8,12H,7,9H2,1H3;;. The summed E-state index contributed by atoms with van der Waals surface area (Å²) in [6.07, 6.45) is 16.0. The van der Waals surface area contributed by atoms with E-state index >= 15 is 0 Å². The molecule has 64 valence electrons. The Morgan fingerprint density at radius 2 is 1.46 bits per heavy atom. The Labute approximate surface area is 104 Å². The molecule has 2 aliphatic rings. The molecule has 0 aromatic carbocycles. The number of hydrogen-bond donors (Lipinski definition) is 0. The first kappa shape index (κ1) is 11.3. The zero-order chi connectivity index (χ0) is 8.39. The van der Waals surface area contributed by atoms with Gasteiger partial charge in [0.25, 0.3) is 0 Å². The molecule has 0 aliphatic heterocycles. The van der Waals surface area contributed by atoms with E-state index in [-0.39, 0.29) is 29.6 Å². The van der Waals surface area contributed by atoms with Crippen molar-refractivity contribution in [1.82, 2.24) is 0 Å². The average molecular weight is 198 g/mol. The molecule has 0 spiro atoms. The van der Waals surface area contributed by atoms with E-state index in [0.29, 0.717) is 0 Å². The summed E-state index contributed by atoms with van der Waals surface area (Å²) < 4.78 is 0. The van der Waals surface area contributed by atoms with Crippen molar-refractivity contribution in [2.75, 3.05) is 0 Å². The molecular weight excluding hydrogens is 183 g/mol. The molecule has 0 nitrogen and oxygen atoms in total. The van der Waals surface area contributed by atoms with Crippen LogP contribution in [0.15, 0.2) is 46.8 Å². The third kappa shape index (κ3) is 2.56. The maximum absolute atomic E-state index is 2.44. The summed E-state index contributed by atoms with van der Waals surface area (Å²) >= 11 is 0. The Balaban J connectivity index is 0.000000845. The molecule has 0 unspecified atom stereocenters. The van der Waals surface area contributed by atoms with Crippen LogP contribution in [0.3, 0.4) is 0 Å². The predicted octanol–water partition coefficient (Wildman–Crippen LogP) is 2.05. The summed E-state index contributed by atoms with van der Waals surface area (Å²) in [4.78, 5) is 0. The van der Waals surface area contributed by atoms with Crippen LogP contribution in [0.1, 0.15) is 12.8 Å². The zero-order valence-corrected chi connectivity index (χ0v) is 8.61. The Hall–Kier alpha value is 0.177. The van der Waals surface area contributed by atoms with Crippen LogP contribution in [0.2, 0.25) is 6.55 Å². The molecule has 0 aromatic rings. The van der Waals surface area contributed by atoms with Crippen molar-refractivity contribution in [3.05, 3.63) is 46.8 Å². The second kappa shape index (κ2) is 5.16. The fourth-order valence-electron chi connectivity index (χ4n) is 1.81. The van der Waals surface area contributed by atoms with Gasteiger partial charge in [0.15, 0.2) is 0 Å². The van der Waals surface area contributed by atoms with Crippen LogP contribution in [0, 0.1) is 0 Å². The van der Waals surface area contributed by atoms with Crippen LogP contribution in [0.4, 0.5) is 0 Å². The SMILES string of the molecule is C[SiH](C1=CC=CC1)C1=CC=CC1.[NaH]. The van der Waals surface area contributed by atoms with Gasteiger partial charge < -0.3 is 0 Å². The maximum atomic E-state index is 2.44. The van der Waals surface area contributed by atoms with Gasteiger partial charge in [-0.2, -0.15) is 0 Å². The molecule has 2 heteroatoms. The van der Waals surface area contributed by atoms with E-state index in [0.717, 1.165) is 0 Å². The Morgan fingerprint density at radius 3 is 1.77 bits per heavy atom. The molecule has 0 saturated carbocycles. The first-order chi connectivity index (χ1) is 5.88. The quantitative estimate of drug-likeness (QED) is 0.596. The van der Waals surface area contributed by atoms with E-state index in [1.54, 1.807) is 10.4 Å². The van der Waals surface area contributed by atoms with Crippen LogP contribution in [-0.2, 0) is 0 Å². The fourth-order valence-corrected chi connectivity index (χ4v) is 4.06. The van der Waals surface area contributed by atoms with Crippen LogP contribution in [-0.4, -0.2) is 38.4 Å². The van der Waals surface area contributed by atoms with Crippen molar-refractivity contribution < 1.29 is 0 Å². The first-order valence-corrected chi connectivity index (χ1v) is 6.90. The summed E-state index contributed by atoms with van der Waals surface area (Å²) in [6.45, 7) is 2.44. The van der Waals surface area contributed by atoms with Gasteiger partial charge >= 0.3 is 29.6 Å². The van der Waals surface area contributed by atoms with Crippen molar-refractivity contribution in [2.45, 2.75) is 19.4 Å². The summed E-state index contributed by atoms with van der Waals surface area (Å²) in [5.41, 5.74) is 0. The van der Waals surface area contributed by atoms with Crippen molar-refractivity contribution in [2.24, 2.45) is 0 Å². The van der Waals surface area contributed by atoms with Crippen molar-refractivity contribution in [3.8, 4) is 0 Å². The number of hydrogen-bond acceptors (Lipinski definition) is 0. The Morgan fingerprint density at radius 1 is 1.00 bits per heavy atom. The van der Waals surface area contributed by atoms with Gasteiger partial charge in [0.2, 0.25) is 0 Å². The van der Waals surface area contributed by atoms with Gasteiger partial charge in [0.05, 0.1) is 8.80 Å². The summed E-state index contributed by atoms with van der Waals surface area (Å²) in [5.74, 6) is 0. The minimum absolute atomic E-state index is 0. The van der Waals surface area contributed by atoms with E-state index < -0.39 is 8.80 Å². The van der Waals surface area contributed by atoms with Crippen LogP contribution >= 0.6 is 0 Å². The summed E-state index contributed by atoms with van der Waals surface area (Å²) in [7, 11) is -0.710. The van der Waals surface area contributed by atoms with Gasteiger partial charge in [-0.15, -0.1) is 0 Å². The van der Waals surface area contributed by atoms with Gasteiger partial charge in [0.1, 0.15) is 0 Å². The van der Waals surface area contributed by atoms with E-state index in [2.05, 4.69) is 43.0 Å². The normalized spacial score (nSPS) is 18.9. The molecule has 0 atom stereocenters. The molecule has 0 radical (unpaired) electrons. The molecule has 0 bridgehead atoms. The summed E-state index contributed by atoms with van der Waals surface area (Å²) in [6, 6.07) is 0. The third-order valence-corrected chi connectivity index (χ3v) is 5.79. The molecule has 0 heterocycles. The van der Waals surface area contributed by atoms with Crippen LogP contribution in [0.25, 0.3) is 0 Å². The van der Waals surface area contributed by atoms with Crippen molar-refractivity contribution >= 4 is 38.4 Å². The molecular formula is C11H15NaSi. The summed E-state index contributed by atoms with van der Waals surface area (Å²) in [5, 5.41) is 3.40. The predicted molar refractivity (Wildman–Crippen MR) is 63.8 cm³/mol. The van der Waals surface area contributed by atoms with Gasteiger partial charge in [-0.3, -0.25) is 0 Å². The average Bonchev–Trinajstić information content (AvgIpc) is 2.77.